The number of halogens is 3. The summed E-state index contributed by atoms with van der Waals surface area (Å²) in [6.45, 7) is 0. The molecule has 2 heterocycles. The Bertz CT molecular complexity index is 1270. The van der Waals surface area contributed by atoms with Crippen molar-refractivity contribution in [1.29, 1.82) is 0 Å². The minimum absolute atomic E-state index is 0.0774. The SMILES string of the molecule is COc1ccc(-c2nnc3sc(NC(=O)c4ccccc4C(F)(F)F)nn23)cc1OC. The number of amides is 1. The number of nitrogens with zero attached hydrogens (tertiary/aromatic N) is 4. The van der Waals surface area contributed by atoms with Crippen molar-refractivity contribution in [1.82, 2.24) is 19.8 Å². The van der Waals surface area contributed by atoms with E-state index >= 15 is 0 Å². The normalized spacial score (nSPS) is 11.5. The summed E-state index contributed by atoms with van der Waals surface area (Å²) in [5.41, 5.74) is -0.904. The Morgan fingerprint density at radius 2 is 1.81 bits per heavy atom. The number of carbonyl (C=O) groups excluding carboxylic acids is 1. The van der Waals surface area contributed by atoms with Crippen molar-refractivity contribution in [2.45, 2.75) is 6.18 Å². The molecule has 4 rings (SSSR count). The van der Waals surface area contributed by atoms with E-state index in [4.69, 9.17) is 9.47 Å². The van der Waals surface area contributed by atoms with Crippen LogP contribution in [0, 0.1) is 0 Å². The number of hydrogen-bond acceptors (Lipinski definition) is 7. The van der Waals surface area contributed by atoms with Crippen LogP contribution >= 0.6 is 11.3 Å². The lowest BCUT2D eigenvalue weighted by atomic mass is 10.1. The predicted octanol–water partition coefficient (Wildman–Crippen LogP) is 4.14. The Hall–Kier alpha value is -3.67. The van der Waals surface area contributed by atoms with Gasteiger partial charge in [0.05, 0.1) is 25.3 Å². The second-order valence-corrected chi connectivity index (χ2v) is 7.15. The topological polar surface area (TPSA) is 90.6 Å². The van der Waals surface area contributed by atoms with Crippen LogP contribution < -0.4 is 14.8 Å². The van der Waals surface area contributed by atoms with Crippen molar-refractivity contribution in [3.63, 3.8) is 0 Å². The van der Waals surface area contributed by atoms with E-state index in [2.05, 4.69) is 20.6 Å². The lowest BCUT2D eigenvalue weighted by Gasteiger charge is -2.11. The van der Waals surface area contributed by atoms with Crippen LogP contribution in [0.2, 0.25) is 0 Å². The largest absolute Gasteiger partial charge is 0.493 e. The van der Waals surface area contributed by atoms with Crippen molar-refractivity contribution < 1.29 is 27.4 Å². The van der Waals surface area contributed by atoms with E-state index in [1.807, 2.05) is 0 Å². The number of methoxy groups -OCH3 is 2. The molecular formula is C19H14F3N5O3S. The van der Waals surface area contributed by atoms with Gasteiger partial charge in [-0.1, -0.05) is 23.5 Å². The molecule has 0 aliphatic rings. The number of hydrogen-bond donors (Lipinski definition) is 1. The molecule has 8 nitrogen and oxygen atoms in total. The summed E-state index contributed by atoms with van der Waals surface area (Å²) >= 11 is 0.976. The standard InChI is InChI=1S/C19H14F3N5O3S/c1-29-13-8-7-10(9-14(13)30-2)15-24-25-18-27(15)26-17(31-18)23-16(28)11-5-3-4-6-12(11)19(20,21)22/h3-9H,1-2H3,(H,23,26,28). The molecule has 1 amide bonds. The number of anilines is 1. The molecule has 0 aliphatic carbocycles. The number of nitrogens with one attached hydrogen (secondary N) is 1. The van der Waals surface area contributed by atoms with Crippen molar-refractivity contribution in [3.05, 3.63) is 53.6 Å². The third-order valence-electron chi connectivity index (χ3n) is 4.33. The molecule has 0 saturated heterocycles. The molecule has 160 valence electrons. The van der Waals surface area contributed by atoms with Crippen molar-refractivity contribution in [2.24, 2.45) is 0 Å². The number of alkyl halides is 3. The molecule has 0 radical (unpaired) electrons. The minimum Gasteiger partial charge on any atom is -0.493 e. The second kappa shape index (κ2) is 7.87. The zero-order chi connectivity index (χ0) is 22.2. The van der Waals surface area contributed by atoms with Gasteiger partial charge in [-0.05, 0) is 30.3 Å². The average molecular weight is 449 g/mol. The Kier molecular flexibility index (Phi) is 5.23. The highest BCUT2D eigenvalue weighted by Gasteiger charge is 2.35. The van der Waals surface area contributed by atoms with E-state index in [-0.39, 0.29) is 5.13 Å². The molecule has 1 N–H and O–H groups in total. The number of rotatable bonds is 5. The highest BCUT2D eigenvalue weighted by atomic mass is 32.1. The number of carbonyl (C=O) groups is 1. The van der Waals surface area contributed by atoms with Gasteiger partial charge in [-0.25, -0.2) is 0 Å². The summed E-state index contributed by atoms with van der Waals surface area (Å²) in [4.78, 5) is 12.8. The van der Waals surface area contributed by atoms with E-state index in [1.54, 1.807) is 18.2 Å². The van der Waals surface area contributed by atoms with E-state index in [0.717, 1.165) is 23.5 Å². The number of fused-ring (bicyclic) bond motifs is 1. The van der Waals surface area contributed by atoms with Crippen LogP contribution in [0.3, 0.4) is 0 Å². The van der Waals surface area contributed by atoms with Crippen LogP contribution in [-0.4, -0.2) is 39.9 Å². The molecular weight excluding hydrogens is 435 g/mol. The van der Waals surface area contributed by atoms with Gasteiger partial charge in [0.1, 0.15) is 0 Å². The van der Waals surface area contributed by atoms with Gasteiger partial charge in [-0.2, -0.15) is 17.7 Å². The fourth-order valence-electron chi connectivity index (χ4n) is 2.92. The maximum Gasteiger partial charge on any atom is 0.417 e. The fraction of sp³-hybridized carbons (Fsp3) is 0.158. The lowest BCUT2D eigenvalue weighted by molar-refractivity contribution is -0.137. The predicted molar refractivity (Wildman–Crippen MR) is 107 cm³/mol. The van der Waals surface area contributed by atoms with Crippen molar-refractivity contribution in [3.8, 4) is 22.9 Å². The van der Waals surface area contributed by atoms with Gasteiger partial charge in [0.2, 0.25) is 10.1 Å². The summed E-state index contributed by atoms with van der Waals surface area (Å²) in [7, 11) is 3.01. The fourth-order valence-corrected chi connectivity index (χ4v) is 3.65. The summed E-state index contributed by atoms with van der Waals surface area (Å²) in [6, 6.07) is 9.64. The molecule has 0 unspecified atom stereocenters. The molecule has 0 saturated carbocycles. The number of ether oxygens (including phenoxy) is 2. The molecule has 2 aromatic carbocycles. The summed E-state index contributed by atoms with van der Waals surface area (Å²) in [5.74, 6) is 0.444. The van der Waals surface area contributed by atoms with Crippen LogP contribution in [0.1, 0.15) is 15.9 Å². The highest BCUT2D eigenvalue weighted by molar-refractivity contribution is 7.20. The maximum atomic E-state index is 13.2. The van der Waals surface area contributed by atoms with Gasteiger partial charge in [-0.15, -0.1) is 15.3 Å². The van der Waals surface area contributed by atoms with Crippen LogP contribution in [-0.2, 0) is 6.18 Å². The van der Waals surface area contributed by atoms with E-state index in [9.17, 15) is 18.0 Å². The first-order valence-electron chi connectivity index (χ1n) is 8.74. The Morgan fingerprint density at radius 3 is 2.52 bits per heavy atom. The molecule has 4 aromatic rings. The van der Waals surface area contributed by atoms with Gasteiger partial charge < -0.3 is 9.47 Å². The maximum absolute atomic E-state index is 13.2. The van der Waals surface area contributed by atoms with Gasteiger partial charge >= 0.3 is 6.18 Å². The average Bonchev–Trinajstić information content (AvgIpc) is 3.32. The first kappa shape index (κ1) is 20.6. The van der Waals surface area contributed by atoms with Crippen LogP contribution in [0.5, 0.6) is 11.5 Å². The summed E-state index contributed by atoms with van der Waals surface area (Å²) < 4.78 is 51.4. The van der Waals surface area contributed by atoms with E-state index in [0.29, 0.717) is 27.8 Å². The van der Waals surface area contributed by atoms with Crippen LogP contribution in [0.15, 0.2) is 42.5 Å². The first-order valence-corrected chi connectivity index (χ1v) is 9.55. The van der Waals surface area contributed by atoms with Gasteiger partial charge in [0, 0.05) is 5.56 Å². The van der Waals surface area contributed by atoms with E-state index in [1.165, 1.54) is 30.9 Å². The Morgan fingerprint density at radius 1 is 1.06 bits per heavy atom. The van der Waals surface area contributed by atoms with Gasteiger partial charge in [0.15, 0.2) is 17.3 Å². The second-order valence-electron chi connectivity index (χ2n) is 6.19. The van der Waals surface area contributed by atoms with Crippen LogP contribution in [0.25, 0.3) is 16.3 Å². The summed E-state index contributed by atoms with van der Waals surface area (Å²) in [6.07, 6.45) is -4.66. The molecule has 12 heteroatoms. The molecule has 0 atom stereocenters. The molecule has 2 aromatic heterocycles. The third kappa shape index (κ3) is 3.89. The van der Waals surface area contributed by atoms with E-state index < -0.39 is 23.2 Å². The van der Waals surface area contributed by atoms with Crippen molar-refractivity contribution in [2.75, 3.05) is 19.5 Å². The van der Waals surface area contributed by atoms with Gasteiger partial charge in [0.25, 0.3) is 5.91 Å². The monoisotopic (exact) mass is 449 g/mol. The Labute approximate surface area is 177 Å². The molecule has 31 heavy (non-hydrogen) atoms. The summed E-state index contributed by atoms with van der Waals surface area (Å²) in [5, 5.41) is 14.8. The molecule has 0 aliphatic heterocycles. The molecule has 0 spiro atoms. The third-order valence-corrected chi connectivity index (χ3v) is 5.14. The van der Waals surface area contributed by atoms with Gasteiger partial charge in [-0.3, -0.25) is 10.1 Å². The lowest BCUT2D eigenvalue weighted by Crippen LogP contribution is -2.18. The Balaban J connectivity index is 1.66. The van der Waals surface area contributed by atoms with Crippen LogP contribution in [0.4, 0.5) is 18.3 Å². The van der Waals surface area contributed by atoms with Crippen molar-refractivity contribution >= 4 is 27.3 Å². The molecule has 0 fully saturated rings. The smallest absolute Gasteiger partial charge is 0.417 e. The molecule has 0 bridgehead atoms. The highest BCUT2D eigenvalue weighted by Crippen LogP contribution is 2.34. The zero-order valence-electron chi connectivity index (χ0n) is 16.1. The quantitative estimate of drug-likeness (QED) is 0.493. The zero-order valence-corrected chi connectivity index (χ0v) is 16.9. The number of benzene rings is 2. The first-order chi connectivity index (χ1) is 14.8. The minimum atomic E-state index is -4.66. The number of aromatic nitrogens is 4.